The van der Waals surface area contributed by atoms with Gasteiger partial charge in [0.25, 0.3) is 0 Å². The van der Waals surface area contributed by atoms with Gasteiger partial charge in [0.2, 0.25) is 0 Å². The van der Waals surface area contributed by atoms with Crippen molar-refractivity contribution in [3.63, 3.8) is 0 Å². The molecule has 2 aliphatic rings. The zero-order chi connectivity index (χ0) is 8.39. The van der Waals surface area contributed by atoms with Crippen molar-refractivity contribution in [1.29, 1.82) is 0 Å². The van der Waals surface area contributed by atoms with Gasteiger partial charge in [0, 0.05) is 19.3 Å². The maximum atomic E-state index is 5.55. The lowest BCUT2D eigenvalue weighted by atomic mass is 9.89. The molecule has 0 aromatic heterocycles. The molecule has 1 saturated carbocycles. The van der Waals surface area contributed by atoms with E-state index in [0.29, 0.717) is 6.04 Å². The SMILES string of the molecule is NNC(C1CCOCC1)C1CC1. The Balaban J connectivity index is 1.85. The minimum Gasteiger partial charge on any atom is -0.381 e. The first kappa shape index (κ1) is 8.48. The van der Waals surface area contributed by atoms with Crippen molar-refractivity contribution in [2.75, 3.05) is 13.2 Å². The molecule has 1 atom stereocenters. The molecule has 1 saturated heterocycles. The van der Waals surface area contributed by atoms with Gasteiger partial charge in [0.15, 0.2) is 0 Å². The van der Waals surface area contributed by atoms with Gasteiger partial charge in [0.05, 0.1) is 0 Å². The molecule has 1 unspecified atom stereocenters. The molecule has 0 aromatic carbocycles. The maximum absolute atomic E-state index is 5.55. The highest BCUT2D eigenvalue weighted by Gasteiger charge is 2.36. The smallest absolute Gasteiger partial charge is 0.0469 e. The lowest BCUT2D eigenvalue weighted by Gasteiger charge is -2.29. The van der Waals surface area contributed by atoms with Crippen LogP contribution in [0.1, 0.15) is 25.7 Å². The van der Waals surface area contributed by atoms with Crippen LogP contribution in [0.25, 0.3) is 0 Å². The highest BCUT2D eigenvalue weighted by molar-refractivity contribution is 4.90. The first-order valence-electron chi connectivity index (χ1n) is 4.95. The molecule has 1 aliphatic heterocycles. The normalized spacial score (nSPS) is 28.8. The van der Waals surface area contributed by atoms with Gasteiger partial charge in [-0.2, -0.15) is 0 Å². The molecule has 70 valence electrons. The quantitative estimate of drug-likeness (QED) is 0.483. The second-order valence-electron chi connectivity index (χ2n) is 3.98. The second-order valence-corrected chi connectivity index (χ2v) is 3.98. The van der Waals surface area contributed by atoms with Gasteiger partial charge in [-0.3, -0.25) is 11.3 Å². The van der Waals surface area contributed by atoms with Gasteiger partial charge in [-0.25, -0.2) is 0 Å². The van der Waals surface area contributed by atoms with E-state index in [0.717, 1.165) is 25.0 Å². The van der Waals surface area contributed by atoms with E-state index >= 15 is 0 Å². The van der Waals surface area contributed by atoms with Crippen LogP contribution in [0, 0.1) is 11.8 Å². The Labute approximate surface area is 73.6 Å². The first-order chi connectivity index (χ1) is 5.92. The molecule has 0 bridgehead atoms. The molecule has 12 heavy (non-hydrogen) atoms. The molecule has 1 aliphatic carbocycles. The Morgan fingerprint density at radius 1 is 1.08 bits per heavy atom. The third-order valence-corrected chi connectivity index (χ3v) is 3.10. The lowest BCUT2D eigenvalue weighted by Crippen LogP contribution is -2.44. The summed E-state index contributed by atoms with van der Waals surface area (Å²) in [6.45, 7) is 1.85. The molecule has 3 heteroatoms. The van der Waals surface area contributed by atoms with Crippen molar-refractivity contribution in [1.82, 2.24) is 5.43 Å². The van der Waals surface area contributed by atoms with Gasteiger partial charge in [-0.1, -0.05) is 0 Å². The zero-order valence-corrected chi connectivity index (χ0v) is 7.46. The topological polar surface area (TPSA) is 47.3 Å². The third-order valence-electron chi connectivity index (χ3n) is 3.10. The highest BCUT2D eigenvalue weighted by atomic mass is 16.5. The van der Waals surface area contributed by atoms with Crippen LogP contribution < -0.4 is 11.3 Å². The zero-order valence-electron chi connectivity index (χ0n) is 7.46. The van der Waals surface area contributed by atoms with Crippen molar-refractivity contribution in [2.24, 2.45) is 17.7 Å². The van der Waals surface area contributed by atoms with Crippen molar-refractivity contribution in [3.8, 4) is 0 Å². The summed E-state index contributed by atoms with van der Waals surface area (Å²) >= 11 is 0. The van der Waals surface area contributed by atoms with Crippen LogP contribution in [0.5, 0.6) is 0 Å². The number of hydrogen-bond donors (Lipinski definition) is 2. The molecular weight excluding hydrogens is 152 g/mol. The Morgan fingerprint density at radius 2 is 1.67 bits per heavy atom. The van der Waals surface area contributed by atoms with Crippen molar-refractivity contribution >= 4 is 0 Å². The average Bonchev–Trinajstić information content (AvgIpc) is 2.92. The number of hydrogen-bond acceptors (Lipinski definition) is 3. The molecule has 3 nitrogen and oxygen atoms in total. The summed E-state index contributed by atoms with van der Waals surface area (Å²) in [5, 5.41) is 0. The summed E-state index contributed by atoms with van der Waals surface area (Å²) in [4.78, 5) is 0. The molecule has 2 fully saturated rings. The van der Waals surface area contributed by atoms with E-state index in [1.807, 2.05) is 0 Å². The van der Waals surface area contributed by atoms with Crippen LogP contribution in [0.4, 0.5) is 0 Å². The van der Waals surface area contributed by atoms with Gasteiger partial charge in [0.1, 0.15) is 0 Å². The summed E-state index contributed by atoms with van der Waals surface area (Å²) in [6, 6.07) is 0.564. The predicted octanol–water partition coefficient (Wildman–Crippen LogP) is 0.655. The molecule has 0 amide bonds. The standard InChI is InChI=1S/C9H18N2O/c10-11-9(7-1-2-7)8-3-5-12-6-4-8/h7-9,11H,1-6,10H2. The number of nitrogens with two attached hydrogens (primary N) is 1. The Kier molecular flexibility index (Phi) is 2.63. The van der Waals surface area contributed by atoms with E-state index in [2.05, 4.69) is 5.43 Å². The number of hydrazine groups is 1. The number of ether oxygens (including phenoxy) is 1. The average molecular weight is 170 g/mol. The summed E-state index contributed by atoms with van der Waals surface area (Å²) in [5.74, 6) is 7.17. The third kappa shape index (κ3) is 1.79. The molecular formula is C9H18N2O. The van der Waals surface area contributed by atoms with Crippen molar-refractivity contribution in [2.45, 2.75) is 31.7 Å². The fourth-order valence-corrected chi connectivity index (χ4v) is 2.19. The van der Waals surface area contributed by atoms with Crippen LogP contribution in [-0.2, 0) is 4.74 Å². The summed E-state index contributed by atoms with van der Waals surface area (Å²) in [6.07, 6.45) is 5.11. The Hall–Kier alpha value is -0.120. The molecule has 0 spiro atoms. The van der Waals surface area contributed by atoms with E-state index in [-0.39, 0.29) is 0 Å². The highest BCUT2D eigenvalue weighted by Crippen LogP contribution is 2.38. The molecule has 3 N–H and O–H groups in total. The van der Waals surface area contributed by atoms with Crippen molar-refractivity contribution in [3.05, 3.63) is 0 Å². The second kappa shape index (κ2) is 3.73. The predicted molar refractivity (Wildman–Crippen MR) is 47.4 cm³/mol. The molecule has 2 rings (SSSR count). The monoisotopic (exact) mass is 170 g/mol. The van der Waals surface area contributed by atoms with Gasteiger partial charge in [-0.05, 0) is 37.5 Å². The summed E-state index contributed by atoms with van der Waals surface area (Å²) in [5.41, 5.74) is 2.98. The maximum Gasteiger partial charge on any atom is 0.0469 e. The largest absolute Gasteiger partial charge is 0.381 e. The van der Waals surface area contributed by atoms with Crippen LogP contribution in [0.3, 0.4) is 0 Å². The van der Waals surface area contributed by atoms with E-state index in [4.69, 9.17) is 10.6 Å². The summed E-state index contributed by atoms with van der Waals surface area (Å²) in [7, 11) is 0. The fraction of sp³-hybridized carbons (Fsp3) is 1.00. The number of rotatable bonds is 3. The lowest BCUT2D eigenvalue weighted by molar-refractivity contribution is 0.0507. The molecule has 0 radical (unpaired) electrons. The van der Waals surface area contributed by atoms with Gasteiger partial charge >= 0.3 is 0 Å². The van der Waals surface area contributed by atoms with Gasteiger partial charge in [-0.15, -0.1) is 0 Å². The Bertz CT molecular complexity index is 141. The van der Waals surface area contributed by atoms with Crippen LogP contribution >= 0.6 is 0 Å². The van der Waals surface area contributed by atoms with E-state index < -0.39 is 0 Å². The summed E-state index contributed by atoms with van der Waals surface area (Å²) < 4.78 is 5.33. The van der Waals surface area contributed by atoms with Crippen LogP contribution in [0.15, 0.2) is 0 Å². The van der Waals surface area contributed by atoms with Gasteiger partial charge < -0.3 is 4.74 Å². The fourth-order valence-electron chi connectivity index (χ4n) is 2.19. The first-order valence-corrected chi connectivity index (χ1v) is 4.95. The molecule has 0 aromatic rings. The van der Waals surface area contributed by atoms with Crippen LogP contribution in [0.2, 0.25) is 0 Å². The van der Waals surface area contributed by atoms with E-state index in [1.54, 1.807) is 0 Å². The van der Waals surface area contributed by atoms with E-state index in [1.165, 1.54) is 25.7 Å². The number of nitrogens with one attached hydrogen (secondary N) is 1. The van der Waals surface area contributed by atoms with E-state index in [9.17, 15) is 0 Å². The minimum absolute atomic E-state index is 0.564. The van der Waals surface area contributed by atoms with Crippen LogP contribution in [-0.4, -0.2) is 19.3 Å². The molecule has 1 heterocycles. The Morgan fingerprint density at radius 3 is 2.17 bits per heavy atom. The minimum atomic E-state index is 0.564. The van der Waals surface area contributed by atoms with Crippen molar-refractivity contribution < 1.29 is 4.74 Å².